The van der Waals surface area contributed by atoms with E-state index in [0.717, 1.165) is 18.4 Å². The quantitative estimate of drug-likeness (QED) is 0.830. The second-order valence-electron chi connectivity index (χ2n) is 6.34. The highest BCUT2D eigenvalue weighted by Crippen LogP contribution is 2.39. The molecule has 0 heterocycles. The molecule has 0 aliphatic heterocycles. The zero-order chi connectivity index (χ0) is 12.3. The van der Waals surface area contributed by atoms with Crippen LogP contribution in [0, 0.1) is 5.92 Å². The number of hydrogen-bond acceptors (Lipinski definition) is 1. The molecule has 0 aromatic heterocycles. The van der Waals surface area contributed by atoms with Crippen LogP contribution in [-0.2, 0) is 0 Å². The van der Waals surface area contributed by atoms with Gasteiger partial charge in [0, 0.05) is 5.54 Å². The van der Waals surface area contributed by atoms with Crippen molar-refractivity contribution in [2.45, 2.75) is 51.5 Å². The van der Waals surface area contributed by atoms with Gasteiger partial charge in [-0.1, -0.05) is 36.8 Å². The van der Waals surface area contributed by atoms with Crippen molar-refractivity contribution < 1.29 is 0 Å². The van der Waals surface area contributed by atoms with Crippen LogP contribution in [0.15, 0.2) is 30.3 Å². The van der Waals surface area contributed by atoms with Gasteiger partial charge in [-0.2, -0.15) is 0 Å². The zero-order valence-corrected chi connectivity index (χ0v) is 11.4. The van der Waals surface area contributed by atoms with Crippen molar-refractivity contribution >= 4 is 0 Å². The van der Waals surface area contributed by atoms with Gasteiger partial charge < -0.3 is 5.32 Å². The fourth-order valence-electron chi connectivity index (χ4n) is 2.86. The Bertz CT molecular complexity index is 336. The molecule has 2 atom stereocenters. The largest absolute Gasteiger partial charge is 0.312 e. The lowest BCUT2D eigenvalue weighted by Gasteiger charge is -2.26. The van der Waals surface area contributed by atoms with E-state index < -0.39 is 0 Å². The van der Waals surface area contributed by atoms with Gasteiger partial charge in [0.1, 0.15) is 0 Å². The maximum Gasteiger partial charge on any atom is 0.00966 e. The molecule has 1 saturated carbocycles. The SMILES string of the molecule is CC(C)(C)NCC1CCCC1c1ccccc1. The third-order valence-corrected chi connectivity index (χ3v) is 3.78. The second kappa shape index (κ2) is 5.22. The molecule has 1 aliphatic rings. The average molecular weight is 231 g/mol. The van der Waals surface area contributed by atoms with Gasteiger partial charge in [0.2, 0.25) is 0 Å². The van der Waals surface area contributed by atoms with E-state index >= 15 is 0 Å². The summed E-state index contributed by atoms with van der Waals surface area (Å²) in [5.74, 6) is 1.59. The molecule has 17 heavy (non-hydrogen) atoms. The monoisotopic (exact) mass is 231 g/mol. The summed E-state index contributed by atoms with van der Waals surface area (Å²) in [5, 5.41) is 3.66. The molecule has 1 nitrogen and oxygen atoms in total. The Labute approximate surface area is 106 Å². The van der Waals surface area contributed by atoms with Crippen molar-refractivity contribution in [3.05, 3.63) is 35.9 Å². The molecule has 94 valence electrons. The van der Waals surface area contributed by atoms with E-state index in [1.165, 1.54) is 24.8 Å². The van der Waals surface area contributed by atoms with Crippen molar-refractivity contribution in [1.29, 1.82) is 0 Å². The van der Waals surface area contributed by atoms with Crippen LogP contribution in [0.3, 0.4) is 0 Å². The molecular weight excluding hydrogens is 206 g/mol. The van der Waals surface area contributed by atoms with E-state index in [0.29, 0.717) is 0 Å². The molecule has 0 amide bonds. The van der Waals surface area contributed by atoms with Gasteiger partial charge in [-0.3, -0.25) is 0 Å². The van der Waals surface area contributed by atoms with Crippen molar-refractivity contribution in [3.63, 3.8) is 0 Å². The summed E-state index contributed by atoms with van der Waals surface area (Å²) in [5.41, 5.74) is 1.77. The maximum atomic E-state index is 3.66. The Morgan fingerprint density at radius 1 is 1.12 bits per heavy atom. The summed E-state index contributed by atoms with van der Waals surface area (Å²) in [6.45, 7) is 7.90. The van der Waals surface area contributed by atoms with E-state index in [2.05, 4.69) is 56.4 Å². The minimum absolute atomic E-state index is 0.240. The average Bonchev–Trinajstić information content (AvgIpc) is 2.75. The summed E-state index contributed by atoms with van der Waals surface area (Å²) >= 11 is 0. The van der Waals surface area contributed by atoms with Crippen LogP contribution >= 0.6 is 0 Å². The molecule has 1 aliphatic carbocycles. The lowest BCUT2D eigenvalue weighted by molar-refractivity contribution is 0.356. The number of rotatable bonds is 3. The van der Waals surface area contributed by atoms with E-state index in [1.54, 1.807) is 0 Å². The predicted octanol–water partition coefficient (Wildman–Crippen LogP) is 3.96. The molecular formula is C16H25N. The molecule has 1 aromatic carbocycles. The Morgan fingerprint density at radius 3 is 2.47 bits per heavy atom. The molecule has 2 unspecified atom stereocenters. The molecule has 1 N–H and O–H groups in total. The van der Waals surface area contributed by atoms with Gasteiger partial charge in [-0.25, -0.2) is 0 Å². The standard InChI is InChI=1S/C16H25N/c1-16(2,3)17-12-14-10-7-11-15(14)13-8-5-4-6-9-13/h4-6,8-9,14-15,17H,7,10-12H2,1-3H3. The highest BCUT2D eigenvalue weighted by atomic mass is 14.9. The lowest BCUT2D eigenvalue weighted by atomic mass is 9.88. The molecule has 1 fully saturated rings. The normalized spacial score (nSPS) is 25.1. The van der Waals surface area contributed by atoms with Gasteiger partial charge in [-0.15, -0.1) is 0 Å². The third-order valence-electron chi connectivity index (χ3n) is 3.78. The Balaban J connectivity index is 1.98. The zero-order valence-electron chi connectivity index (χ0n) is 11.4. The van der Waals surface area contributed by atoms with Gasteiger partial charge in [-0.05, 0) is 57.6 Å². The van der Waals surface area contributed by atoms with Gasteiger partial charge in [0.15, 0.2) is 0 Å². The minimum atomic E-state index is 0.240. The van der Waals surface area contributed by atoms with Crippen LogP contribution in [0.2, 0.25) is 0 Å². The molecule has 0 saturated heterocycles. The topological polar surface area (TPSA) is 12.0 Å². The smallest absolute Gasteiger partial charge is 0.00966 e. The number of benzene rings is 1. The van der Waals surface area contributed by atoms with Crippen molar-refractivity contribution in [3.8, 4) is 0 Å². The van der Waals surface area contributed by atoms with Crippen LogP contribution < -0.4 is 5.32 Å². The molecule has 2 rings (SSSR count). The van der Waals surface area contributed by atoms with Crippen LogP contribution in [-0.4, -0.2) is 12.1 Å². The first-order chi connectivity index (χ1) is 8.06. The molecule has 1 aromatic rings. The molecule has 0 spiro atoms. The second-order valence-corrected chi connectivity index (χ2v) is 6.34. The summed E-state index contributed by atoms with van der Waals surface area (Å²) < 4.78 is 0. The highest BCUT2D eigenvalue weighted by molar-refractivity contribution is 5.21. The van der Waals surface area contributed by atoms with E-state index in [4.69, 9.17) is 0 Å². The lowest BCUT2D eigenvalue weighted by Crippen LogP contribution is -2.39. The van der Waals surface area contributed by atoms with Crippen LogP contribution in [0.5, 0.6) is 0 Å². The highest BCUT2D eigenvalue weighted by Gasteiger charge is 2.28. The van der Waals surface area contributed by atoms with Gasteiger partial charge >= 0.3 is 0 Å². The van der Waals surface area contributed by atoms with Crippen LogP contribution in [0.1, 0.15) is 51.5 Å². The Kier molecular flexibility index (Phi) is 3.88. The van der Waals surface area contributed by atoms with Crippen molar-refractivity contribution in [1.82, 2.24) is 5.32 Å². The molecule has 0 radical (unpaired) electrons. The number of hydrogen-bond donors (Lipinski definition) is 1. The fourth-order valence-corrected chi connectivity index (χ4v) is 2.86. The minimum Gasteiger partial charge on any atom is -0.312 e. The maximum absolute atomic E-state index is 3.66. The van der Waals surface area contributed by atoms with E-state index in [1.807, 2.05) is 0 Å². The summed E-state index contributed by atoms with van der Waals surface area (Å²) in [6.07, 6.45) is 4.12. The summed E-state index contributed by atoms with van der Waals surface area (Å²) in [6, 6.07) is 11.0. The van der Waals surface area contributed by atoms with Crippen LogP contribution in [0.4, 0.5) is 0 Å². The Hall–Kier alpha value is -0.820. The molecule has 1 heteroatoms. The fraction of sp³-hybridized carbons (Fsp3) is 0.625. The predicted molar refractivity (Wildman–Crippen MR) is 74.3 cm³/mol. The summed E-state index contributed by atoms with van der Waals surface area (Å²) in [4.78, 5) is 0. The van der Waals surface area contributed by atoms with Crippen LogP contribution in [0.25, 0.3) is 0 Å². The first kappa shape index (κ1) is 12.6. The van der Waals surface area contributed by atoms with Gasteiger partial charge in [0.25, 0.3) is 0 Å². The molecule has 0 bridgehead atoms. The van der Waals surface area contributed by atoms with Crippen molar-refractivity contribution in [2.75, 3.05) is 6.54 Å². The number of nitrogens with one attached hydrogen (secondary N) is 1. The summed E-state index contributed by atoms with van der Waals surface area (Å²) in [7, 11) is 0. The first-order valence-corrected chi connectivity index (χ1v) is 6.86. The Morgan fingerprint density at radius 2 is 1.82 bits per heavy atom. The van der Waals surface area contributed by atoms with Crippen molar-refractivity contribution in [2.24, 2.45) is 5.92 Å². The van der Waals surface area contributed by atoms with E-state index in [9.17, 15) is 0 Å². The first-order valence-electron chi connectivity index (χ1n) is 6.86. The van der Waals surface area contributed by atoms with Gasteiger partial charge in [0.05, 0.1) is 0 Å². The third kappa shape index (κ3) is 3.57. The van der Waals surface area contributed by atoms with E-state index in [-0.39, 0.29) is 5.54 Å².